The lowest BCUT2D eigenvalue weighted by Gasteiger charge is -2.08. The van der Waals surface area contributed by atoms with Crippen molar-refractivity contribution in [1.29, 1.82) is 0 Å². The monoisotopic (exact) mass is 322 g/mol. The van der Waals surface area contributed by atoms with Gasteiger partial charge >= 0.3 is 0 Å². The van der Waals surface area contributed by atoms with Crippen LogP contribution in [0.5, 0.6) is 0 Å². The van der Waals surface area contributed by atoms with Gasteiger partial charge in [0, 0.05) is 16.7 Å². The van der Waals surface area contributed by atoms with Crippen molar-refractivity contribution < 1.29 is 13.6 Å². The largest absolute Gasteiger partial charge is 0.289 e. The standard InChI is InChI=1S/C21H16F2O/c1-13-3-6-16(7-4-13)21(24)17-10-8-15(9-11-17)18-12-5-14(2)19(22)20(18)23/h3-12H,1-2H3. The van der Waals surface area contributed by atoms with Crippen LogP contribution in [0.4, 0.5) is 8.78 Å². The highest BCUT2D eigenvalue weighted by atomic mass is 19.2. The van der Waals surface area contributed by atoms with E-state index in [9.17, 15) is 13.6 Å². The summed E-state index contributed by atoms with van der Waals surface area (Å²) in [6.45, 7) is 3.48. The van der Waals surface area contributed by atoms with Gasteiger partial charge in [0.2, 0.25) is 0 Å². The molecule has 0 saturated heterocycles. The molecule has 0 bridgehead atoms. The predicted octanol–water partition coefficient (Wildman–Crippen LogP) is 5.48. The summed E-state index contributed by atoms with van der Waals surface area (Å²) in [4.78, 5) is 12.4. The molecular formula is C21H16F2O. The van der Waals surface area contributed by atoms with Crippen molar-refractivity contribution in [2.24, 2.45) is 0 Å². The lowest BCUT2D eigenvalue weighted by Crippen LogP contribution is -2.01. The summed E-state index contributed by atoms with van der Waals surface area (Å²) in [5, 5.41) is 0. The number of aryl methyl sites for hydroxylation is 2. The summed E-state index contributed by atoms with van der Waals surface area (Å²) in [5.41, 5.74) is 3.18. The summed E-state index contributed by atoms with van der Waals surface area (Å²) in [6.07, 6.45) is 0. The quantitative estimate of drug-likeness (QED) is 0.584. The van der Waals surface area contributed by atoms with Crippen LogP contribution in [-0.2, 0) is 0 Å². The molecule has 120 valence electrons. The molecule has 24 heavy (non-hydrogen) atoms. The fourth-order valence-electron chi connectivity index (χ4n) is 2.54. The van der Waals surface area contributed by atoms with Crippen LogP contribution in [0.15, 0.2) is 60.7 Å². The van der Waals surface area contributed by atoms with Crippen molar-refractivity contribution in [3.05, 3.63) is 94.6 Å². The van der Waals surface area contributed by atoms with E-state index in [4.69, 9.17) is 0 Å². The topological polar surface area (TPSA) is 17.1 Å². The third-order valence-electron chi connectivity index (χ3n) is 4.05. The minimum Gasteiger partial charge on any atom is -0.289 e. The Balaban J connectivity index is 1.92. The summed E-state index contributed by atoms with van der Waals surface area (Å²) < 4.78 is 27.8. The molecule has 0 aromatic heterocycles. The van der Waals surface area contributed by atoms with Crippen LogP contribution < -0.4 is 0 Å². The van der Waals surface area contributed by atoms with Gasteiger partial charge in [0.25, 0.3) is 0 Å². The summed E-state index contributed by atoms with van der Waals surface area (Å²) in [7, 11) is 0. The zero-order valence-electron chi connectivity index (χ0n) is 13.4. The maximum Gasteiger partial charge on any atom is 0.193 e. The van der Waals surface area contributed by atoms with E-state index < -0.39 is 11.6 Å². The highest BCUT2D eigenvalue weighted by Crippen LogP contribution is 2.26. The Morgan fingerprint density at radius 3 is 1.83 bits per heavy atom. The molecule has 0 atom stereocenters. The van der Waals surface area contributed by atoms with E-state index in [1.165, 1.54) is 6.92 Å². The summed E-state index contributed by atoms with van der Waals surface area (Å²) in [6, 6.07) is 16.9. The molecule has 0 spiro atoms. The fraction of sp³-hybridized carbons (Fsp3) is 0.0952. The van der Waals surface area contributed by atoms with Gasteiger partial charge in [0.15, 0.2) is 17.4 Å². The van der Waals surface area contributed by atoms with E-state index in [1.807, 2.05) is 19.1 Å². The number of carbonyl (C=O) groups is 1. The SMILES string of the molecule is Cc1ccc(C(=O)c2ccc(-c3ccc(C)c(F)c3F)cc2)cc1. The first-order valence-electron chi connectivity index (χ1n) is 7.64. The second kappa shape index (κ2) is 6.36. The summed E-state index contributed by atoms with van der Waals surface area (Å²) in [5.74, 6) is -1.81. The molecule has 0 heterocycles. The second-order valence-electron chi connectivity index (χ2n) is 5.83. The van der Waals surface area contributed by atoms with E-state index in [0.717, 1.165) is 5.56 Å². The Morgan fingerprint density at radius 1 is 0.708 bits per heavy atom. The number of halogens is 2. The minimum absolute atomic E-state index is 0.0999. The first kappa shape index (κ1) is 16.1. The van der Waals surface area contributed by atoms with Gasteiger partial charge in [-0.2, -0.15) is 0 Å². The van der Waals surface area contributed by atoms with Crippen LogP contribution >= 0.6 is 0 Å². The number of rotatable bonds is 3. The fourth-order valence-corrected chi connectivity index (χ4v) is 2.54. The summed E-state index contributed by atoms with van der Waals surface area (Å²) >= 11 is 0. The van der Waals surface area contributed by atoms with E-state index in [-0.39, 0.29) is 16.9 Å². The Morgan fingerprint density at radius 2 is 1.25 bits per heavy atom. The number of carbonyl (C=O) groups excluding carboxylic acids is 1. The molecule has 0 fully saturated rings. The molecule has 0 unspecified atom stereocenters. The molecule has 0 amide bonds. The van der Waals surface area contributed by atoms with Crippen molar-refractivity contribution in [1.82, 2.24) is 0 Å². The normalized spacial score (nSPS) is 10.7. The van der Waals surface area contributed by atoms with Crippen LogP contribution in [0.3, 0.4) is 0 Å². The highest BCUT2D eigenvalue weighted by molar-refractivity contribution is 6.09. The third-order valence-corrected chi connectivity index (χ3v) is 4.05. The molecular weight excluding hydrogens is 306 g/mol. The van der Waals surface area contributed by atoms with Crippen LogP contribution in [0.25, 0.3) is 11.1 Å². The van der Waals surface area contributed by atoms with E-state index in [2.05, 4.69) is 0 Å². The van der Waals surface area contributed by atoms with Crippen molar-refractivity contribution in [2.75, 3.05) is 0 Å². The highest BCUT2D eigenvalue weighted by Gasteiger charge is 2.14. The molecule has 0 aliphatic heterocycles. The molecule has 0 N–H and O–H groups in total. The third kappa shape index (κ3) is 2.98. The molecule has 0 aliphatic rings. The number of hydrogen-bond acceptors (Lipinski definition) is 1. The van der Waals surface area contributed by atoms with Gasteiger partial charge < -0.3 is 0 Å². The average molecular weight is 322 g/mol. The molecule has 0 saturated carbocycles. The van der Waals surface area contributed by atoms with E-state index >= 15 is 0 Å². The van der Waals surface area contributed by atoms with E-state index in [1.54, 1.807) is 48.5 Å². The zero-order chi connectivity index (χ0) is 17.3. The van der Waals surface area contributed by atoms with Gasteiger partial charge in [-0.05, 0) is 25.0 Å². The number of ketones is 1. The van der Waals surface area contributed by atoms with Gasteiger partial charge in [-0.25, -0.2) is 8.78 Å². The van der Waals surface area contributed by atoms with Crippen LogP contribution in [-0.4, -0.2) is 5.78 Å². The number of hydrogen-bond donors (Lipinski definition) is 0. The van der Waals surface area contributed by atoms with Gasteiger partial charge in [0.05, 0.1) is 0 Å². The van der Waals surface area contributed by atoms with Crippen LogP contribution in [0.2, 0.25) is 0 Å². The molecule has 3 heteroatoms. The zero-order valence-corrected chi connectivity index (χ0v) is 13.4. The second-order valence-corrected chi connectivity index (χ2v) is 5.83. The Hall–Kier alpha value is -2.81. The maximum absolute atomic E-state index is 14.1. The minimum atomic E-state index is -0.868. The smallest absolute Gasteiger partial charge is 0.193 e. The van der Waals surface area contributed by atoms with Crippen LogP contribution in [0, 0.1) is 25.5 Å². The number of benzene rings is 3. The lowest BCUT2D eigenvalue weighted by atomic mass is 9.98. The molecule has 0 radical (unpaired) electrons. The van der Waals surface area contributed by atoms with Gasteiger partial charge in [-0.3, -0.25) is 4.79 Å². The Labute approximate surface area is 139 Å². The van der Waals surface area contributed by atoms with Gasteiger partial charge in [-0.15, -0.1) is 0 Å². The van der Waals surface area contributed by atoms with Crippen molar-refractivity contribution in [2.45, 2.75) is 13.8 Å². The Bertz CT molecular complexity index is 894. The molecule has 3 rings (SSSR count). The molecule has 1 nitrogen and oxygen atoms in total. The predicted molar refractivity (Wildman–Crippen MR) is 91.1 cm³/mol. The van der Waals surface area contributed by atoms with Crippen molar-refractivity contribution in [3.8, 4) is 11.1 Å². The van der Waals surface area contributed by atoms with Gasteiger partial charge in [-0.1, -0.05) is 66.2 Å². The maximum atomic E-state index is 14.1. The van der Waals surface area contributed by atoms with Crippen molar-refractivity contribution in [3.63, 3.8) is 0 Å². The molecule has 0 aliphatic carbocycles. The average Bonchev–Trinajstić information content (AvgIpc) is 2.60. The molecule has 3 aromatic carbocycles. The van der Waals surface area contributed by atoms with Gasteiger partial charge in [0.1, 0.15) is 0 Å². The lowest BCUT2D eigenvalue weighted by molar-refractivity contribution is 0.103. The first-order chi connectivity index (χ1) is 11.5. The first-order valence-corrected chi connectivity index (χ1v) is 7.64. The van der Waals surface area contributed by atoms with Crippen LogP contribution in [0.1, 0.15) is 27.0 Å². The Kier molecular flexibility index (Phi) is 4.26. The molecule has 3 aromatic rings. The van der Waals surface area contributed by atoms with Crippen molar-refractivity contribution >= 4 is 5.78 Å². The van der Waals surface area contributed by atoms with E-state index in [0.29, 0.717) is 16.7 Å².